The topological polar surface area (TPSA) is 55.1 Å². The summed E-state index contributed by atoms with van der Waals surface area (Å²) in [5.74, 6) is 0.279. The van der Waals surface area contributed by atoms with Gasteiger partial charge in [0.15, 0.2) is 0 Å². The number of hydrogen-bond acceptors (Lipinski definition) is 2. The highest BCUT2D eigenvalue weighted by atomic mass is 16.1. The van der Waals surface area contributed by atoms with Crippen LogP contribution < -0.4 is 11.1 Å². The Kier molecular flexibility index (Phi) is 5.70. The lowest BCUT2D eigenvalue weighted by Crippen LogP contribution is -2.38. The van der Waals surface area contributed by atoms with Crippen molar-refractivity contribution >= 4 is 5.91 Å². The van der Waals surface area contributed by atoms with Gasteiger partial charge in [0, 0.05) is 13.1 Å². The van der Waals surface area contributed by atoms with Crippen LogP contribution in [0.1, 0.15) is 19.4 Å². The quantitative estimate of drug-likeness (QED) is 0.785. The van der Waals surface area contributed by atoms with Crippen LogP contribution in [0.5, 0.6) is 0 Å². The molecule has 3 nitrogen and oxygen atoms in total. The van der Waals surface area contributed by atoms with E-state index < -0.39 is 0 Å². The summed E-state index contributed by atoms with van der Waals surface area (Å²) in [5, 5.41) is 2.94. The van der Waals surface area contributed by atoms with Crippen LogP contribution in [0.2, 0.25) is 0 Å². The van der Waals surface area contributed by atoms with Gasteiger partial charge in [-0.1, -0.05) is 44.2 Å². The zero-order valence-electron chi connectivity index (χ0n) is 10.6. The number of benzene rings is 1. The predicted molar refractivity (Wildman–Crippen MR) is 70.5 cm³/mol. The van der Waals surface area contributed by atoms with Crippen molar-refractivity contribution in [3.05, 3.63) is 35.9 Å². The average Bonchev–Trinajstić information content (AvgIpc) is 2.30. The molecule has 0 saturated heterocycles. The van der Waals surface area contributed by atoms with Crippen molar-refractivity contribution in [1.82, 2.24) is 5.32 Å². The van der Waals surface area contributed by atoms with Crippen LogP contribution in [0.4, 0.5) is 0 Å². The minimum atomic E-state index is -0.0780. The van der Waals surface area contributed by atoms with Crippen molar-refractivity contribution in [2.75, 3.05) is 13.1 Å². The Morgan fingerprint density at radius 2 is 1.94 bits per heavy atom. The zero-order chi connectivity index (χ0) is 12.7. The third-order valence-corrected chi connectivity index (χ3v) is 2.95. The van der Waals surface area contributed by atoms with E-state index in [9.17, 15) is 4.79 Å². The van der Waals surface area contributed by atoms with E-state index in [1.807, 2.05) is 32.0 Å². The summed E-state index contributed by atoms with van der Waals surface area (Å²) in [6.07, 6.45) is 0.863. The molecule has 0 bridgehead atoms. The molecule has 1 aromatic carbocycles. The fourth-order valence-electron chi connectivity index (χ4n) is 1.79. The van der Waals surface area contributed by atoms with Crippen molar-refractivity contribution in [3.8, 4) is 0 Å². The van der Waals surface area contributed by atoms with Gasteiger partial charge < -0.3 is 11.1 Å². The first-order valence-electron chi connectivity index (χ1n) is 6.17. The van der Waals surface area contributed by atoms with E-state index in [0.717, 1.165) is 6.42 Å². The molecule has 0 aliphatic rings. The maximum Gasteiger partial charge on any atom is 0.224 e. The smallest absolute Gasteiger partial charge is 0.224 e. The van der Waals surface area contributed by atoms with Crippen LogP contribution in [0, 0.1) is 11.8 Å². The van der Waals surface area contributed by atoms with Crippen LogP contribution in [-0.2, 0) is 11.2 Å². The van der Waals surface area contributed by atoms with Crippen LogP contribution in [0.3, 0.4) is 0 Å². The van der Waals surface area contributed by atoms with Crippen LogP contribution in [-0.4, -0.2) is 19.0 Å². The highest BCUT2D eigenvalue weighted by Crippen LogP contribution is 2.08. The molecular formula is C14H22N2O. The first-order valence-corrected chi connectivity index (χ1v) is 6.17. The van der Waals surface area contributed by atoms with E-state index in [1.54, 1.807) is 0 Å². The van der Waals surface area contributed by atoms with Gasteiger partial charge in [-0.05, 0) is 17.9 Å². The Balaban J connectivity index is 2.33. The van der Waals surface area contributed by atoms with Crippen LogP contribution >= 0.6 is 0 Å². The van der Waals surface area contributed by atoms with Crippen molar-refractivity contribution in [1.29, 1.82) is 0 Å². The van der Waals surface area contributed by atoms with Gasteiger partial charge in [0.05, 0.1) is 5.92 Å². The lowest BCUT2D eigenvalue weighted by molar-refractivity contribution is -0.125. The van der Waals surface area contributed by atoms with Gasteiger partial charge in [0.1, 0.15) is 0 Å². The number of rotatable bonds is 6. The first kappa shape index (κ1) is 13.7. The van der Waals surface area contributed by atoms with E-state index in [4.69, 9.17) is 5.73 Å². The van der Waals surface area contributed by atoms with E-state index in [1.165, 1.54) is 5.56 Å². The second-order valence-electron chi connectivity index (χ2n) is 4.61. The molecular weight excluding hydrogens is 212 g/mol. The van der Waals surface area contributed by atoms with E-state index in [2.05, 4.69) is 17.4 Å². The average molecular weight is 234 g/mol. The van der Waals surface area contributed by atoms with Gasteiger partial charge in [-0.2, -0.15) is 0 Å². The standard InChI is InChI=1S/C14H22N2O/c1-11(2)13(10-15)14(17)16-9-8-12-6-4-3-5-7-12/h3-7,11,13H,8-10,15H2,1-2H3,(H,16,17). The normalized spacial score (nSPS) is 12.5. The molecule has 1 unspecified atom stereocenters. The monoisotopic (exact) mass is 234 g/mol. The lowest BCUT2D eigenvalue weighted by atomic mass is 9.95. The Bertz CT molecular complexity index is 335. The van der Waals surface area contributed by atoms with Gasteiger partial charge in [0.2, 0.25) is 5.91 Å². The minimum Gasteiger partial charge on any atom is -0.355 e. The number of hydrogen-bond donors (Lipinski definition) is 2. The van der Waals surface area contributed by atoms with E-state index >= 15 is 0 Å². The van der Waals surface area contributed by atoms with Crippen LogP contribution in [0.15, 0.2) is 30.3 Å². The minimum absolute atomic E-state index is 0.0680. The molecule has 0 aliphatic carbocycles. The van der Waals surface area contributed by atoms with Gasteiger partial charge in [0.25, 0.3) is 0 Å². The third-order valence-electron chi connectivity index (χ3n) is 2.95. The third kappa shape index (κ3) is 4.57. The van der Waals surface area contributed by atoms with Crippen molar-refractivity contribution in [3.63, 3.8) is 0 Å². The number of nitrogens with one attached hydrogen (secondary N) is 1. The molecule has 0 fully saturated rings. The van der Waals surface area contributed by atoms with Gasteiger partial charge in [-0.3, -0.25) is 4.79 Å². The summed E-state index contributed by atoms with van der Waals surface area (Å²) < 4.78 is 0. The molecule has 1 aromatic rings. The first-order chi connectivity index (χ1) is 8.15. The van der Waals surface area contributed by atoms with Gasteiger partial charge in [-0.25, -0.2) is 0 Å². The molecule has 0 aliphatic heterocycles. The summed E-state index contributed by atoms with van der Waals surface area (Å²) in [7, 11) is 0. The maximum absolute atomic E-state index is 11.8. The molecule has 1 rings (SSSR count). The van der Waals surface area contributed by atoms with E-state index in [-0.39, 0.29) is 17.7 Å². The fraction of sp³-hybridized carbons (Fsp3) is 0.500. The number of nitrogens with two attached hydrogens (primary N) is 1. The second kappa shape index (κ2) is 7.07. The predicted octanol–water partition coefficient (Wildman–Crippen LogP) is 1.58. The molecule has 3 heteroatoms. The summed E-state index contributed by atoms with van der Waals surface area (Å²) >= 11 is 0. The Morgan fingerprint density at radius 1 is 1.29 bits per heavy atom. The van der Waals surface area contributed by atoms with Crippen LogP contribution in [0.25, 0.3) is 0 Å². The Labute approximate surface area is 103 Å². The van der Waals surface area contributed by atoms with Crippen molar-refractivity contribution in [2.45, 2.75) is 20.3 Å². The molecule has 0 heterocycles. The molecule has 1 atom stereocenters. The van der Waals surface area contributed by atoms with Crippen molar-refractivity contribution < 1.29 is 4.79 Å². The lowest BCUT2D eigenvalue weighted by Gasteiger charge is -2.18. The van der Waals surface area contributed by atoms with Gasteiger partial charge in [-0.15, -0.1) is 0 Å². The molecule has 3 N–H and O–H groups in total. The van der Waals surface area contributed by atoms with Crippen molar-refractivity contribution in [2.24, 2.45) is 17.6 Å². The second-order valence-corrected chi connectivity index (χ2v) is 4.61. The number of carbonyl (C=O) groups is 1. The summed E-state index contributed by atoms with van der Waals surface area (Å²) in [4.78, 5) is 11.8. The SMILES string of the molecule is CC(C)C(CN)C(=O)NCCc1ccccc1. The summed E-state index contributed by atoms with van der Waals surface area (Å²) in [5.41, 5.74) is 6.83. The van der Waals surface area contributed by atoms with Gasteiger partial charge >= 0.3 is 0 Å². The maximum atomic E-state index is 11.8. The Hall–Kier alpha value is -1.35. The highest BCUT2D eigenvalue weighted by Gasteiger charge is 2.19. The highest BCUT2D eigenvalue weighted by molar-refractivity contribution is 5.79. The van der Waals surface area contributed by atoms with E-state index in [0.29, 0.717) is 13.1 Å². The molecule has 1 amide bonds. The molecule has 0 radical (unpaired) electrons. The largest absolute Gasteiger partial charge is 0.355 e. The zero-order valence-corrected chi connectivity index (χ0v) is 10.6. The molecule has 17 heavy (non-hydrogen) atoms. The molecule has 0 aromatic heterocycles. The Morgan fingerprint density at radius 3 is 2.47 bits per heavy atom. The molecule has 94 valence electrons. The summed E-state index contributed by atoms with van der Waals surface area (Å²) in [6.45, 7) is 5.13. The fourth-order valence-corrected chi connectivity index (χ4v) is 1.79. The number of amides is 1. The number of carbonyl (C=O) groups excluding carboxylic acids is 1. The molecule has 0 saturated carbocycles. The molecule has 0 spiro atoms. The summed E-state index contributed by atoms with van der Waals surface area (Å²) in [6, 6.07) is 10.1.